The molecule has 0 fully saturated rings. The third-order valence-corrected chi connectivity index (χ3v) is 4.18. The van der Waals surface area contributed by atoms with Crippen LogP contribution in [-0.2, 0) is 17.4 Å². The molecule has 0 bridgehead atoms. The first kappa shape index (κ1) is 21.2. The Hall–Kier alpha value is -3.08. The molecule has 0 aliphatic carbocycles. The van der Waals surface area contributed by atoms with E-state index in [0.717, 1.165) is 17.8 Å². The maximum absolute atomic E-state index is 12.7. The Balaban J connectivity index is 2.07. The van der Waals surface area contributed by atoms with E-state index in [1.807, 2.05) is 13.0 Å². The molecule has 1 N–H and O–H groups in total. The van der Waals surface area contributed by atoms with Crippen LogP contribution in [0.3, 0.4) is 0 Å². The number of nitrogens with zero attached hydrogens (tertiary/aromatic N) is 2. The van der Waals surface area contributed by atoms with Crippen molar-refractivity contribution in [2.75, 3.05) is 6.61 Å². The molecule has 0 saturated heterocycles. The van der Waals surface area contributed by atoms with Crippen molar-refractivity contribution in [2.24, 2.45) is 5.92 Å². The lowest BCUT2D eigenvalue weighted by molar-refractivity contribution is -0.138. The lowest BCUT2D eigenvalue weighted by Crippen LogP contribution is -2.14. The first-order chi connectivity index (χ1) is 13.2. The van der Waals surface area contributed by atoms with Gasteiger partial charge in [-0.05, 0) is 42.2 Å². The van der Waals surface area contributed by atoms with Crippen LogP contribution in [0, 0.1) is 17.2 Å². The fourth-order valence-electron chi connectivity index (χ4n) is 2.75. The van der Waals surface area contributed by atoms with Crippen LogP contribution >= 0.6 is 0 Å². The van der Waals surface area contributed by atoms with Crippen LogP contribution in [-0.4, -0.2) is 22.7 Å². The summed E-state index contributed by atoms with van der Waals surface area (Å²) >= 11 is 0. The summed E-state index contributed by atoms with van der Waals surface area (Å²) in [4.78, 5) is 14.4. The number of benzene rings is 1. The van der Waals surface area contributed by atoms with Crippen LogP contribution in [0.2, 0.25) is 0 Å². The summed E-state index contributed by atoms with van der Waals surface area (Å²) < 4.78 is 43.4. The molecule has 28 heavy (non-hydrogen) atoms. The number of carboxylic acids is 1. The van der Waals surface area contributed by atoms with Gasteiger partial charge in [0.1, 0.15) is 5.75 Å². The molecule has 0 spiro atoms. The number of pyridine rings is 1. The van der Waals surface area contributed by atoms with Gasteiger partial charge in [-0.25, -0.2) is 0 Å². The minimum atomic E-state index is -4.47. The van der Waals surface area contributed by atoms with Crippen LogP contribution < -0.4 is 4.74 Å². The predicted octanol–water partition coefficient (Wildman–Crippen LogP) is 4.44. The molecule has 0 aliphatic rings. The standard InChI is InChI=1S/C20H19F3N2O3/c1-13(9-14-3-2-4-16(10-14)28-8-7-19(26)27)17(11-24)18-6-5-15(12-25-18)20(21,22)23/h2-6,10,12-13,17H,7-9H2,1H3,(H,26,27). The summed E-state index contributed by atoms with van der Waals surface area (Å²) in [5, 5.41) is 18.1. The van der Waals surface area contributed by atoms with E-state index in [4.69, 9.17) is 9.84 Å². The molecule has 2 rings (SSSR count). The van der Waals surface area contributed by atoms with E-state index < -0.39 is 23.6 Å². The topological polar surface area (TPSA) is 83.2 Å². The van der Waals surface area contributed by atoms with Crippen molar-refractivity contribution >= 4 is 5.97 Å². The molecule has 1 aromatic carbocycles. The number of aliphatic carboxylic acids is 1. The second-order valence-corrected chi connectivity index (χ2v) is 6.40. The molecular weight excluding hydrogens is 373 g/mol. The molecule has 0 radical (unpaired) electrons. The van der Waals surface area contributed by atoms with Crippen molar-refractivity contribution in [3.63, 3.8) is 0 Å². The number of rotatable bonds is 8. The van der Waals surface area contributed by atoms with Crippen molar-refractivity contribution < 1.29 is 27.8 Å². The fraction of sp³-hybridized carbons (Fsp3) is 0.350. The predicted molar refractivity (Wildman–Crippen MR) is 94.7 cm³/mol. The average Bonchev–Trinajstić information content (AvgIpc) is 2.62. The Morgan fingerprint density at radius 2 is 2.07 bits per heavy atom. The SMILES string of the molecule is CC(Cc1cccc(OCCC(=O)O)c1)C(C#N)c1ccc(C(F)(F)F)cn1. The fourth-order valence-corrected chi connectivity index (χ4v) is 2.75. The zero-order chi connectivity index (χ0) is 20.7. The first-order valence-electron chi connectivity index (χ1n) is 8.57. The van der Waals surface area contributed by atoms with Gasteiger partial charge in [0.15, 0.2) is 0 Å². The first-order valence-corrected chi connectivity index (χ1v) is 8.57. The minimum absolute atomic E-state index is 0.0463. The molecule has 148 valence electrons. The summed E-state index contributed by atoms with van der Waals surface area (Å²) in [6.45, 7) is 1.87. The second kappa shape index (κ2) is 9.22. The Kier molecular flexibility index (Phi) is 6.99. The highest BCUT2D eigenvalue weighted by Gasteiger charge is 2.31. The number of hydrogen-bond acceptors (Lipinski definition) is 4. The lowest BCUT2D eigenvalue weighted by atomic mass is 9.86. The smallest absolute Gasteiger partial charge is 0.417 e. The molecule has 8 heteroatoms. The van der Waals surface area contributed by atoms with E-state index in [-0.39, 0.29) is 24.6 Å². The third-order valence-electron chi connectivity index (χ3n) is 4.18. The van der Waals surface area contributed by atoms with Crippen LogP contribution in [0.4, 0.5) is 13.2 Å². The Bertz CT molecular complexity index is 845. The van der Waals surface area contributed by atoms with Crippen LogP contribution in [0.1, 0.15) is 36.1 Å². The van der Waals surface area contributed by atoms with Crippen molar-refractivity contribution in [3.05, 3.63) is 59.4 Å². The van der Waals surface area contributed by atoms with Gasteiger partial charge in [0.2, 0.25) is 0 Å². The van der Waals surface area contributed by atoms with Gasteiger partial charge in [0, 0.05) is 6.20 Å². The van der Waals surface area contributed by atoms with Gasteiger partial charge in [-0.2, -0.15) is 18.4 Å². The molecule has 2 atom stereocenters. The Morgan fingerprint density at radius 1 is 1.32 bits per heavy atom. The maximum Gasteiger partial charge on any atom is 0.417 e. The number of hydrogen-bond donors (Lipinski definition) is 1. The molecule has 0 aliphatic heterocycles. The molecular formula is C20H19F3N2O3. The number of alkyl halides is 3. The van der Waals surface area contributed by atoms with Gasteiger partial charge < -0.3 is 9.84 Å². The molecule has 2 unspecified atom stereocenters. The van der Waals surface area contributed by atoms with E-state index in [1.165, 1.54) is 6.07 Å². The molecule has 1 aromatic heterocycles. The van der Waals surface area contributed by atoms with Gasteiger partial charge >= 0.3 is 12.1 Å². The van der Waals surface area contributed by atoms with Crippen LogP contribution in [0.25, 0.3) is 0 Å². The number of aromatic nitrogens is 1. The largest absolute Gasteiger partial charge is 0.493 e. The Labute approximate surface area is 160 Å². The van der Waals surface area contributed by atoms with Crippen LogP contribution in [0.15, 0.2) is 42.6 Å². The summed E-state index contributed by atoms with van der Waals surface area (Å²) in [6.07, 6.45) is -3.36. The number of ether oxygens (including phenoxy) is 1. The normalized spacial score (nSPS) is 13.4. The lowest BCUT2D eigenvalue weighted by Gasteiger charge is -2.18. The van der Waals surface area contributed by atoms with E-state index in [0.29, 0.717) is 12.2 Å². The number of nitriles is 1. The highest BCUT2D eigenvalue weighted by Crippen LogP contribution is 2.31. The number of halogens is 3. The molecule has 5 nitrogen and oxygen atoms in total. The van der Waals surface area contributed by atoms with Crippen molar-refractivity contribution in [1.29, 1.82) is 5.26 Å². The Morgan fingerprint density at radius 3 is 2.64 bits per heavy atom. The summed E-state index contributed by atoms with van der Waals surface area (Å²) in [6, 6.07) is 11.3. The van der Waals surface area contributed by atoms with Crippen molar-refractivity contribution in [1.82, 2.24) is 4.98 Å². The number of carbonyl (C=O) groups is 1. The highest BCUT2D eigenvalue weighted by atomic mass is 19.4. The molecule has 1 heterocycles. The molecule has 0 amide bonds. The van der Waals surface area contributed by atoms with E-state index in [1.54, 1.807) is 18.2 Å². The number of carboxylic acid groups (broad SMARTS) is 1. The van der Waals surface area contributed by atoms with Crippen molar-refractivity contribution in [2.45, 2.75) is 31.9 Å². The summed E-state index contributed by atoms with van der Waals surface area (Å²) in [5.74, 6) is -1.31. The minimum Gasteiger partial charge on any atom is -0.493 e. The van der Waals surface area contributed by atoms with Gasteiger partial charge in [-0.1, -0.05) is 19.1 Å². The summed E-state index contributed by atoms with van der Waals surface area (Å²) in [5.41, 5.74) is 0.302. The monoisotopic (exact) mass is 392 g/mol. The highest BCUT2D eigenvalue weighted by molar-refractivity contribution is 5.66. The van der Waals surface area contributed by atoms with E-state index >= 15 is 0 Å². The van der Waals surface area contributed by atoms with Gasteiger partial charge in [0.25, 0.3) is 0 Å². The van der Waals surface area contributed by atoms with Gasteiger partial charge in [-0.3, -0.25) is 9.78 Å². The second-order valence-electron chi connectivity index (χ2n) is 6.40. The van der Waals surface area contributed by atoms with Gasteiger partial charge in [0.05, 0.1) is 36.3 Å². The zero-order valence-electron chi connectivity index (χ0n) is 15.1. The molecule has 0 saturated carbocycles. The molecule has 2 aromatic rings. The van der Waals surface area contributed by atoms with Crippen LogP contribution in [0.5, 0.6) is 5.75 Å². The van der Waals surface area contributed by atoms with E-state index in [2.05, 4.69) is 11.1 Å². The average molecular weight is 392 g/mol. The third kappa shape index (κ3) is 5.98. The maximum atomic E-state index is 12.7. The van der Waals surface area contributed by atoms with E-state index in [9.17, 15) is 23.2 Å². The summed E-state index contributed by atoms with van der Waals surface area (Å²) in [7, 11) is 0. The van der Waals surface area contributed by atoms with Gasteiger partial charge in [-0.15, -0.1) is 0 Å². The van der Waals surface area contributed by atoms with Crippen molar-refractivity contribution in [3.8, 4) is 11.8 Å². The quantitative estimate of drug-likeness (QED) is 0.718. The zero-order valence-corrected chi connectivity index (χ0v) is 15.1.